The Kier molecular flexibility index (Phi) is 5.31. The fourth-order valence-electron chi connectivity index (χ4n) is 3.14. The van der Waals surface area contributed by atoms with Gasteiger partial charge in [-0.2, -0.15) is 4.98 Å². The van der Waals surface area contributed by atoms with Crippen LogP contribution in [0, 0.1) is 24.0 Å². The topological polar surface area (TPSA) is 112 Å². The van der Waals surface area contributed by atoms with Crippen molar-refractivity contribution in [1.29, 1.82) is 0 Å². The van der Waals surface area contributed by atoms with E-state index in [0.717, 1.165) is 16.6 Å². The molecule has 31 heavy (non-hydrogen) atoms. The highest BCUT2D eigenvalue weighted by Gasteiger charge is 2.26. The van der Waals surface area contributed by atoms with Crippen molar-refractivity contribution in [2.45, 2.75) is 13.8 Å². The van der Waals surface area contributed by atoms with Gasteiger partial charge in [0.15, 0.2) is 5.75 Å². The third kappa shape index (κ3) is 4.06. The van der Waals surface area contributed by atoms with Gasteiger partial charge in [-0.15, -0.1) is 0 Å². The minimum absolute atomic E-state index is 0.0109. The summed E-state index contributed by atoms with van der Waals surface area (Å²) in [5.74, 6) is 0.685. The van der Waals surface area contributed by atoms with Gasteiger partial charge in [-0.05, 0) is 43.7 Å². The maximum atomic E-state index is 11.9. The zero-order valence-electron chi connectivity index (χ0n) is 17.1. The maximum absolute atomic E-state index is 11.9. The summed E-state index contributed by atoms with van der Waals surface area (Å²) in [5.41, 5.74) is 2.49. The first kappa shape index (κ1) is 20.0. The van der Waals surface area contributed by atoms with Crippen LogP contribution >= 0.6 is 0 Å². The van der Waals surface area contributed by atoms with Crippen molar-refractivity contribution in [2.24, 2.45) is 0 Å². The van der Waals surface area contributed by atoms with Crippen molar-refractivity contribution < 1.29 is 14.4 Å². The number of pyridine rings is 1. The largest absolute Gasteiger partial charge is 0.495 e. The standard InChI is InChI=1S/C22H19N5O4/c1-13-7-10-17(30-3)16(11-13)26-21-20(27(28)29)22(24-12-23-21)31-18-6-4-5-15-9-8-14(2)25-19(15)18/h4-12H,1-3H3,(H,23,24,26). The summed E-state index contributed by atoms with van der Waals surface area (Å²) in [4.78, 5) is 23.9. The predicted octanol–water partition coefficient (Wildman–Crippen LogP) is 5.09. The molecule has 9 nitrogen and oxygen atoms in total. The van der Waals surface area contributed by atoms with E-state index in [1.807, 2.05) is 44.2 Å². The summed E-state index contributed by atoms with van der Waals surface area (Å²) >= 11 is 0. The number of nitro groups is 1. The summed E-state index contributed by atoms with van der Waals surface area (Å²) in [5, 5.41) is 15.7. The lowest BCUT2D eigenvalue weighted by Gasteiger charge is -2.13. The van der Waals surface area contributed by atoms with Crippen LogP contribution in [0.4, 0.5) is 17.2 Å². The molecule has 0 bridgehead atoms. The number of ether oxygens (including phenoxy) is 2. The van der Waals surface area contributed by atoms with E-state index in [2.05, 4.69) is 20.3 Å². The molecule has 4 aromatic rings. The number of nitrogens with zero attached hydrogens (tertiary/aromatic N) is 4. The van der Waals surface area contributed by atoms with Crippen molar-refractivity contribution in [3.63, 3.8) is 0 Å². The Bertz CT molecular complexity index is 1290. The lowest BCUT2D eigenvalue weighted by molar-refractivity contribution is -0.385. The third-order valence-corrected chi connectivity index (χ3v) is 4.61. The summed E-state index contributed by atoms with van der Waals surface area (Å²) in [6, 6.07) is 14.6. The van der Waals surface area contributed by atoms with Gasteiger partial charge in [-0.25, -0.2) is 9.97 Å². The number of fused-ring (bicyclic) bond motifs is 1. The van der Waals surface area contributed by atoms with Crippen molar-refractivity contribution in [2.75, 3.05) is 12.4 Å². The Labute approximate surface area is 177 Å². The average molecular weight is 417 g/mol. The number of aryl methyl sites for hydroxylation is 2. The van der Waals surface area contributed by atoms with Crippen molar-refractivity contribution in [3.05, 3.63) is 76.2 Å². The second-order valence-corrected chi connectivity index (χ2v) is 6.84. The Morgan fingerprint density at radius 2 is 1.87 bits per heavy atom. The van der Waals surface area contributed by atoms with Gasteiger partial charge in [0.1, 0.15) is 17.6 Å². The van der Waals surface area contributed by atoms with E-state index in [9.17, 15) is 10.1 Å². The number of methoxy groups -OCH3 is 1. The highest BCUT2D eigenvalue weighted by Crippen LogP contribution is 2.38. The zero-order valence-corrected chi connectivity index (χ0v) is 17.1. The minimum Gasteiger partial charge on any atom is -0.495 e. The van der Waals surface area contributed by atoms with Gasteiger partial charge in [-0.1, -0.05) is 24.3 Å². The summed E-state index contributed by atoms with van der Waals surface area (Å²) in [6.07, 6.45) is 1.21. The molecule has 0 radical (unpaired) electrons. The number of anilines is 2. The summed E-state index contributed by atoms with van der Waals surface area (Å²) < 4.78 is 11.2. The summed E-state index contributed by atoms with van der Waals surface area (Å²) in [6.45, 7) is 3.77. The first-order chi connectivity index (χ1) is 15.0. The molecule has 4 rings (SSSR count). The highest BCUT2D eigenvalue weighted by molar-refractivity contribution is 5.85. The van der Waals surface area contributed by atoms with Crippen molar-refractivity contribution in [3.8, 4) is 17.4 Å². The van der Waals surface area contributed by atoms with Gasteiger partial charge < -0.3 is 14.8 Å². The molecule has 0 unspecified atom stereocenters. The van der Waals surface area contributed by atoms with E-state index in [1.54, 1.807) is 18.2 Å². The normalized spacial score (nSPS) is 10.7. The molecule has 0 amide bonds. The molecule has 0 saturated carbocycles. The Balaban J connectivity index is 1.78. The number of hydrogen-bond acceptors (Lipinski definition) is 8. The van der Waals surface area contributed by atoms with Gasteiger partial charge in [0.05, 0.1) is 17.7 Å². The van der Waals surface area contributed by atoms with Crippen LogP contribution in [0.3, 0.4) is 0 Å². The van der Waals surface area contributed by atoms with Gasteiger partial charge in [0.25, 0.3) is 0 Å². The van der Waals surface area contributed by atoms with Crippen LogP contribution in [0.5, 0.6) is 17.4 Å². The fraction of sp³-hybridized carbons (Fsp3) is 0.136. The molecule has 9 heteroatoms. The Hall–Kier alpha value is -4.27. The molecule has 2 aromatic carbocycles. The number of hydrogen-bond donors (Lipinski definition) is 1. The average Bonchev–Trinajstić information content (AvgIpc) is 2.74. The van der Waals surface area contributed by atoms with Gasteiger partial charge in [0.2, 0.25) is 5.82 Å². The van der Waals surface area contributed by atoms with Crippen molar-refractivity contribution >= 4 is 28.1 Å². The molecule has 2 heterocycles. The lowest BCUT2D eigenvalue weighted by atomic mass is 10.2. The van der Waals surface area contributed by atoms with E-state index in [0.29, 0.717) is 22.7 Å². The monoisotopic (exact) mass is 417 g/mol. The Morgan fingerprint density at radius 3 is 2.65 bits per heavy atom. The van der Waals surface area contributed by atoms with E-state index >= 15 is 0 Å². The van der Waals surface area contributed by atoms with E-state index in [4.69, 9.17) is 9.47 Å². The third-order valence-electron chi connectivity index (χ3n) is 4.61. The smallest absolute Gasteiger partial charge is 0.373 e. The van der Waals surface area contributed by atoms with Crippen LogP contribution in [0.15, 0.2) is 54.9 Å². The number of aromatic nitrogens is 3. The summed E-state index contributed by atoms with van der Waals surface area (Å²) in [7, 11) is 1.52. The highest BCUT2D eigenvalue weighted by atomic mass is 16.6. The van der Waals surface area contributed by atoms with Crippen LogP contribution in [0.1, 0.15) is 11.3 Å². The molecule has 0 atom stereocenters. The molecule has 156 valence electrons. The van der Waals surface area contributed by atoms with Gasteiger partial charge >= 0.3 is 11.6 Å². The molecule has 0 spiro atoms. The first-order valence-electron chi connectivity index (χ1n) is 9.41. The number of para-hydroxylation sites is 1. The molecule has 0 aliphatic rings. The predicted molar refractivity (Wildman–Crippen MR) is 116 cm³/mol. The molecule has 0 aliphatic carbocycles. The van der Waals surface area contributed by atoms with Crippen LogP contribution < -0.4 is 14.8 Å². The van der Waals surface area contributed by atoms with E-state index in [1.165, 1.54) is 13.4 Å². The van der Waals surface area contributed by atoms with E-state index in [-0.39, 0.29) is 11.7 Å². The molecule has 0 aliphatic heterocycles. The molecular formula is C22H19N5O4. The van der Waals surface area contributed by atoms with E-state index < -0.39 is 10.6 Å². The lowest BCUT2D eigenvalue weighted by Crippen LogP contribution is -2.04. The SMILES string of the molecule is COc1ccc(C)cc1Nc1ncnc(Oc2cccc3ccc(C)nc23)c1[N+](=O)[O-]. The van der Waals surface area contributed by atoms with Gasteiger partial charge in [0, 0.05) is 11.1 Å². The van der Waals surface area contributed by atoms with Crippen molar-refractivity contribution in [1.82, 2.24) is 15.0 Å². The second-order valence-electron chi connectivity index (χ2n) is 6.84. The quantitative estimate of drug-likeness (QED) is 0.341. The molecular weight excluding hydrogens is 398 g/mol. The molecule has 2 aromatic heterocycles. The first-order valence-corrected chi connectivity index (χ1v) is 9.41. The molecule has 1 N–H and O–H groups in total. The second kappa shape index (κ2) is 8.23. The maximum Gasteiger partial charge on any atom is 0.373 e. The molecule has 0 saturated heterocycles. The minimum atomic E-state index is -0.580. The molecule has 0 fully saturated rings. The van der Waals surface area contributed by atoms with Crippen LogP contribution in [0.25, 0.3) is 10.9 Å². The zero-order chi connectivity index (χ0) is 22.0. The Morgan fingerprint density at radius 1 is 1.03 bits per heavy atom. The number of nitrogens with one attached hydrogen (secondary N) is 1. The van der Waals surface area contributed by atoms with Crippen LogP contribution in [-0.2, 0) is 0 Å². The van der Waals surface area contributed by atoms with Gasteiger partial charge in [-0.3, -0.25) is 10.1 Å². The van der Waals surface area contributed by atoms with Crippen LogP contribution in [0.2, 0.25) is 0 Å². The fourth-order valence-corrected chi connectivity index (χ4v) is 3.14. The number of benzene rings is 2. The number of rotatable bonds is 6. The van der Waals surface area contributed by atoms with Crippen LogP contribution in [-0.4, -0.2) is 27.0 Å².